The van der Waals surface area contributed by atoms with Gasteiger partial charge in [-0.1, -0.05) is 279 Å². The van der Waals surface area contributed by atoms with Crippen LogP contribution in [0.15, 0.2) is 356 Å². The lowest BCUT2D eigenvalue weighted by Crippen LogP contribution is -2.13. The number of fused-ring (bicyclic) bond motifs is 8. The summed E-state index contributed by atoms with van der Waals surface area (Å²) >= 11 is 0. The van der Waals surface area contributed by atoms with Gasteiger partial charge in [0, 0.05) is 44.3 Å². The molecule has 0 saturated heterocycles. The highest BCUT2D eigenvalue weighted by Crippen LogP contribution is 2.49. The van der Waals surface area contributed by atoms with E-state index in [9.17, 15) is 0 Å². The number of benzene rings is 16. The normalized spacial score (nSPS) is 11.5. The van der Waals surface area contributed by atoms with Gasteiger partial charge in [-0.15, -0.1) is 0 Å². The van der Waals surface area contributed by atoms with Crippen LogP contribution in [0.4, 0.5) is 34.1 Å². The van der Waals surface area contributed by atoms with E-state index in [4.69, 9.17) is 4.42 Å². The molecule has 426 valence electrons. The highest BCUT2D eigenvalue weighted by atomic mass is 16.3. The molecule has 0 N–H and O–H groups in total. The van der Waals surface area contributed by atoms with Gasteiger partial charge in [0.05, 0.1) is 17.1 Å². The second-order valence-electron chi connectivity index (χ2n) is 23.5. The molecule has 0 radical (unpaired) electrons. The Morgan fingerprint density at radius 3 is 1.44 bits per heavy atom. The molecule has 0 saturated carbocycles. The molecule has 3 nitrogen and oxygen atoms in total. The first kappa shape index (κ1) is 53.2. The van der Waals surface area contributed by atoms with Crippen LogP contribution in [0.1, 0.15) is 0 Å². The quantitative estimate of drug-likeness (QED) is 0.114. The molecule has 91 heavy (non-hydrogen) atoms. The average Bonchev–Trinajstić information content (AvgIpc) is 1.56. The van der Waals surface area contributed by atoms with Gasteiger partial charge in [0.2, 0.25) is 0 Å². The van der Waals surface area contributed by atoms with Crippen molar-refractivity contribution in [1.29, 1.82) is 0 Å². The van der Waals surface area contributed by atoms with E-state index in [-0.39, 0.29) is 0 Å². The van der Waals surface area contributed by atoms with E-state index in [1.165, 1.54) is 71.3 Å². The summed E-state index contributed by atoms with van der Waals surface area (Å²) < 4.78 is 6.33. The van der Waals surface area contributed by atoms with Crippen molar-refractivity contribution in [2.24, 2.45) is 0 Å². The maximum Gasteiger partial charge on any atom is 0.136 e. The molecule has 17 rings (SSSR count). The Labute approximate surface area is 528 Å². The Balaban J connectivity index is 0.817. The van der Waals surface area contributed by atoms with Crippen LogP contribution < -0.4 is 9.80 Å². The van der Waals surface area contributed by atoms with Gasteiger partial charge < -0.3 is 14.2 Å². The van der Waals surface area contributed by atoms with Gasteiger partial charge in [0.15, 0.2) is 0 Å². The second kappa shape index (κ2) is 22.6. The van der Waals surface area contributed by atoms with Crippen LogP contribution in [0.25, 0.3) is 132 Å². The summed E-state index contributed by atoms with van der Waals surface area (Å²) in [6.45, 7) is 0. The maximum atomic E-state index is 6.33. The number of hydrogen-bond acceptors (Lipinski definition) is 3. The minimum absolute atomic E-state index is 0.898. The molecule has 0 fully saturated rings. The molecular weight excluding hydrogens is 1100 g/mol. The molecule has 1 heterocycles. The molecule has 17 aromatic rings. The SMILES string of the molecule is c1ccc(-c2ccc(-c3ccccc3N(c3cccc(-c4ccccc4N(c4ccc(-c5cccc6ccccc56)cc4)c4ccc5c(ccc6cc(-c7cccc8oc9ccccc9c78)ccc65)c4)c3)c3ccc(-c4ccccc4)c4ccccc34)cc2)cc1. The minimum Gasteiger partial charge on any atom is -0.456 e. The number of furan rings is 1. The van der Waals surface area contributed by atoms with Gasteiger partial charge >= 0.3 is 0 Å². The molecule has 0 spiro atoms. The zero-order valence-electron chi connectivity index (χ0n) is 49.8. The fraction of sp³-hybridized carbons (Fsp3) is 0. The summed E-state index contributed by atoms with van der Waals surface area (Å²) in [7, 11) is 0. The van der Waals surface area contributed by atoms with Crippen LogP contribution in [-0.4, -0.2) is 0 Å². The van der Waals surface area contributed by atoms with Crippen molar-refractivity contribution >= 4 is 99.2 Å². The summed E-state index contributed by atoms with van der Waals surface area (Å²) in [5.74, 6) is 0. The number of hydrogen-bond donors (Lipinski definition) is 0. The topological polar surface area (TPSA) is 19.6 Å². The molecule has 3 heteroatoms. The average molecular weight is 1160 g/mol. The summed E-state index contributed by atoms with van der Waals surface area (Å²) in [4.78, 5) is 4.92. The third-order valence-corrected chi connectivity index (χ3v) is 18.3. The standard InChI is InChI=1S/C88H58N2O/c1-3-20-59(21-4-1)60-40-42-64(43-41-60)77-29-11-15-37-84(77)90(85-55-54-74(61-22-5-2-6-23-61)80-31-9-10-32-81(80)85)70-27-17-26-65(57-70)78-30-12-14-36-83(78)89(69-49-46-63(47-50-69)73-34-18-25-62-24-7-8-28-72(62)73)71-51-53-76-68(58-71)45-44-66-56-67(48-52-75(66)76)79-35-19-39-87-88(79)82-33-13-16-38-86(82)91-87/h1-58H. The Bertz CT molecular complexity index is 5590. The summed E-state index contributed by atoms with van der Waals surface area (Å²) in [5.41, 5.74) is 22.1. The van der Waals surface area contributed by atoms with Crippen molar-refractivity contribution in [1.82, 2.24) is 0 Å². The molecule has 0 aliphatic rings. The zero-order chi connectivity index (χ0) is 60.2. The lowest BCUT2D eigenvalue weighted by atomic mass is 9.94. The maximum absolute atomic E-state index is 6.33. The van der Waals surface area contributed by atoms with E-state index in [1.807, 2.05) is 6.07 Å². The Morgan fingerprint density at radius 1 is 0.187 bits per heavy atom. The molecule has 0 aliphatic heterocycles. The van der Waals surface area contributed by atoms with E-state index in [0.29, 0.717) is 0 Å². The number of rotatable bonds is 12. The van der Waals surface area contributed by atoms with Gasteiger partial charge in [-0.3, -0.25) is 0 Å². The monoisotopic (exact) mass is 1160 g/mol. The lowest BCUT2D eigenvalue weighted by molar-refractivity contribution is 0.669. The smallest absolute Gasteiger partial charge is 0.136 e. The zero-order valence-corrected chi connectivity index (χ0v) is 49.8. The van der Waals surface area contributed by atoms with Crippen molar-refractivity contribution < 1.29 is 4.42 Å². The van der Waals surface area contributed by atoms with Gasteiger partial charge in [-0.05, 0) is 166 Å². The molecule has 1 aromatic heterocycles. The van der Waals surface area contributed by atoms with Crippen LogP contribution in [0, 0.1) is 0 Å². The first-order chi connectivity index (χ1) is 45.1. The fourth-order valence-electron chi connectivity index (χ4n) is 13.9. The third-order valence-electron chi connectivity index (χ3n) is 18.3. The Hall–Kier alpha value is -12.0. The first-order valence-corrected chi connectivity index (χ1v) is 31.2. The highest BCUT2D eigenvalue weighted by Gasteiger charge is 2.24. The summed E-state index contributed by atoms with van der Waals surface area (Å²) in [5, 5.41) is 11.8. The molecule has 0 bridgehead atoms. The van der Waals surface area contributed by atoms with Crippen molar-refractivity contribution in [3.05, 3.63) is 352 Å². The van der Waals surface area contributed by atoms with Gasteiger partial charge in [0.1, 0.15) is 11.2 Å². The number of anilines is 6. The highest BCUT2D eigenvalue weighted by molar-refractivity contribution is 6.15. The van der Waals surface area contributed by atoms with Crippen molar-refractivity contribution in [2.45, 2.75) is 0 Å². The van der Waals surface area contributed by atoms with Gasteiger partial charge in [0.25, 0.3) is 0 Å². The van der Waals surface area contributed by atoms with E-state index >= 15 is 0 Å². The van der Waals surface area contributed by atoms with Gasteiger partial charge in [-0.2, -0.15) is 0 Å². The fourth-order valence-corrected chi connectivity index (χ4v) is 13.9. The van der Waals surface area contributed by atoms with Crippen LogP contribution >= 0.6 is 0 Å². The summed E-state index contributed by atoms with van der Waals surface area (Å²) in [6, 6.07) is 128. The Morgan fingerprint density at radius 2 is 0.648 bits per heavy atom. The molecule has 0 aliphatic carbocycles. The van der Waals surface area contributed by atoms with Crippen LogP contribution in [0.3, 0.4) is 0 Å². The van der Waals surface area contributed by atoms with Crippen LogP contribution in [-0.2, 0) is 0 Å². The number of nitrogens with zero attached hydrogens (tertiary/aromatic N) is 2. The molecule has 0 unspecified atom stereocenters. The molecular formula is C88H58N2O. The van der Waals surface area contributed by atoms with E-state index in [2.05, 4.69) is 356 Å². The van der Waals surface area contributed by atoms with E-state index in [0.717, 1.165) is 94.7 Å². The predicted molar refractivity (Wildman–Crippen MR) is 386 cm³/mol. The lowest BCUT2D eigenvalue weighted by Gasteiger charge is -2.31. The van der Waals surface area contributed by atoms with Crippen LogP contribution in [0.2, 0.25) is 0 Å². The van der Waals surface area contributed by atoms with Crippen molar-refractivity contribution in [2.75, 3.05) is 9.80 Å². The van der Waals surface area contributed by atoms with Crippen LogP contribution in [0.5, 0.6) is 0 Å². The third kappa shape index (κ3) is 9.56. The van der Waals surface area contributed by atoms with E-state index < -0.39 is 0 Å². The second-order valence-corrected chi connectivity index (χ2v) is 23.5. The molecule has 0 atom stereocenters. The molecule has 16 aromatic carbocycles. The van der Waals surface area contributed by atoms with Crippen molar-refractivity contribution in [3.63, 3.8) is 0 Å². The summed E-state index contributed by atoms with van der Waals surface area (Å²) in [6.07, 6.45) is 0. The predicted octanol–water partition coefficient (Wildman–Crippen LogP) is 25.1. The minimum atomic E-state index is 0.898. The van der Waals surface area contributed by atoms with Crippen molar-refractivity contribution in [3.8, 4) is 66.8 Å². The largest absolute Gasteiger partial charge is 0.456 e. The molecule has 0 amide bonds. The van der Waals surface area contributed by atoms with Gasteiger partial charge in [-0.25, -0.2) is 0 Å². The van der Waals surface area contributed by atoms with E-state index in [1.54, 1.807) is 0 Å². The number of para-hydroxylation sites is 3. The Kier molecular flexibility index (Phi) is 13.2. The first-order valence-electron chi connectivity index (χ1n) is 31.2.